The maximum absolute atomic E-state index is 16.0. The van der Waals surface area contributed by atoms with Crippen LogP contribution in [0.5, 0.6) is 11.8 Å². The van der Waals surface area contributed by atoms with Crippen LogP contribution in [0.25, 0.3) is 22.2 Å². The van der Waals surface area contributed by atoms with Gasteiger partial charge in [0.25, 0.3) is 0 Å². The van der Waals surface area contributed by atoms with E-state index in [1.807, 2.05) is 0 Å². The second-order valence-corrected chi connectivity index (χ2v) is 11.2. The van der Waals surface area contributed by atoms with Crippen molar-refractivity contribution in [3.63, 3.8) is 0 Å². The van der Waals surface area contributed by atoms with Crippen molar-refractivity contribution in [1.82, 2.24) is 19.9 Å². The van der Waals surface area contributed by atoms with Crippen LogP contribution in [0, 0.1) is 17.7 Å². The average Bonchev–Trinajstić information content (AvgIpc) is 3.57. The van der Waals surface area contributed by atoms with E-state index >= 15 is 4.39 Å². The van der Waals surface area contributed by atoms with E-state index in [4.69, 9.17) is 9.72 Å². The summed E-state index contributed by atoms with van der Waals surface area (Å²) in [6, 6.07) is 6.92. The highest BCUT2D eigenvalue weighted by Gasteiger charge is 2.45. The number of phenolic OH excluding ortho intramolecular Hbond substituents is 1. The number of benzene rings is 1. The van der Waals surface area contributed by atoms with E-state index in [0.717, 1.165) is 39.0 Å². The van der Waals surface area contributed by atoms with Crippen LogP contribution >= 0.6 is 0 Å². The number of phenols is 1. The first kappa shape index (κ1) is 22.2. The molecule has 0 radical (unpaired) electrons. The number of anilines is 1. The summed E-state index contributed by atoms with van der Waals surface area (Å²) < 4.78 is 22.3. The van der Waals surface area contributed by atoms with Crippen LogP contribution in [0.1, 0.15) is 44.9 Å². The van der Waals surface area contributed by atoms with E-state index in [0.29, 0.717) is 35.2 Å². The molecule has 2 aromatic heterocycles. The predicted molar refractivity (Wildman–Crippen MR) is 136 cm³/mol. The fraction of sp³-hybridized carbons (Fsp3) is 0.536. The molecule has 1 N–H and O–H groups in total. The molecule has 4 aliphatic rings. The Balaban J connectivity index is 1.31. The number of fused-ring (bicyclic) bond motifs is 4. The maximum Gasteiger partial charge on any atom is 0.319 e. The third-order valence-electron chi connectivity index (χ3n) is 8.99. The largest absolute Gasteiger partial charge is 0.507 e. The molecule has 8 heteroatoms. The average molecular weight is 490 g/mol. The molecule has 36 heavy (non-hydrogen) atoms. The number of aromatic nitrogens is 3. The molecule has 3 saturated heterocycles. The second kappa shape index (κ2) is 8.54. The lowest BCUT2D eigenvalue weighted by Gasteiger charge is -2.34. The normalized spacial score (nSPS) is 25.0. The lowest BCUT2D eigenvalue weighted by atomic mass is 9.95. The topological polar surface area (TPSA) is 74.6 Å². The Bertz CT molecular complexity index is 1290. The standard InChI is InChI=1S/C28H32FN5O2/c29-23-24(20-5-1-2-6-22(20)35)30-14-21-25(23)31-27(36-17-28-9-3-11-34(28)12-4-10-28)32-26(21)33-15-18-7-8-19(13-18)16-33/h1-2,5-6,14,18-19,35H,3-4,7-13,15-17H2. The van der Waals surface area contributed by atoms with Crippen molar-refractivity contribution in [2.24, 2.45) is 11.8 Å². The molecule has 1 aliphatic carbocycles. The minimum absolute atomic E-state index is 0.0109. The number of para-hydroxylation sites is 1. The molecular formula is C28H32FN5O2. The summed E-state index contributed by atoms with van der Waals surface area (Å²) in [6.07, 6.45) is 10.0. The number of aromatic hydroxyl groups is 1. The van der Waals surface area contributed by atoms with E-state index < -0.39 is 5.82 Å². The first-order valence-corrected chi connectivity index (χ1v) is 13.4. The van der Waals surface area contributed by atoms with Gasteiger partial charge in [-0.15, -0.1) is 0 Å². The van der Waals surface area contributed by atoms with E-state index in [-0.39, 0.29) is 28.5 Å². The van der Waals surface area contributed by atoms with E-state index in [2.05, 4.69) is 19.8 Å². The van der Waals surface area contributed by atoms with Crippen molar-refractivity contribution < 1.29 is 14.2 Å². The van der Waals surface area contributed by atoms with Crippen molar-refractivity contribution in [3.05, 3.63) is 36.3 Å². The third-order valence-corrected chi connectivity index (χ3v) is 8.99. The molecule has 3 aromatic rings. The molecule has 7 rings (SSSR count). The highest BCUT2D eigenvalue weighted by Crippen LogP contribution is 2.42. The van der Waals surface area contributed by atoms with Crippen LogP contribution < -0.4 is 9.64 Å². The summed E-state index contributed by atoms with van der Waals surface area (Å²) in [5.41, 5.74) is 0.696. The third kappa shape index (κ3) is 3.60. The summed E-state index contributed by atoms with van der Waals surface area (Å²) in [5.74, 6) is 1.46. The smallest absolute Gasteiger partial charge is 0.319 e. The van der Waals surface area contributed by atoms with Crippen LogP contribution in [0.15, 0.2) is 30.5 Å². The van der Waals surface area contributed by atoms with Gasteiger partial charge in [0, 0.05) is 24.8 Å². The van der Waals surface area contributed by atoms with E-state index in [1.165, 1.54) is 32.1 Å². The number of rotatable bonds is 5. The van der Waals surface area contributed by atoms with Crippen LogP contribution in [0.4, 0.5) is 10.2 Å². The van der Waals surface area contributed by atoms with Crippen LogP contribution in [-0.4, -0.2) is 63.3 Å². The fourth-order valence-corrected chi connectivity index (χ4v) is 7.23. The lowest BCUT2D eigenvalue weighted by Crippen LogP contribution is -2.43. The van der Waals surface area contributed by atoms with Gasteiger partial charge < -0.3 is 14.7 Å². The van der Waals surface area contributed by atoms with Crippen LogP contribution in [-0.2, 0) is 0 Å². The summed E-state index contributed by atoms with van der Waals surface area (Å²) in [6.45, 7) is 4.61. The highest BCUT2D eigenvalue weighted by atomic mass is 19.1. The van der Waals surface area contributed by atoms with Crippen LogP contribution in [0.3, 0.4) is 0 Å². The summed E-state index contributed by atoms with van der Waals surface area (Å²) in [7, 11) is 0. The number of nitrogens with zero attached hydrogens (tertiary/aromatic N) is 5. The molecular weight excluding hydrogens is 457 g/mol. The molecule has 5 heterocycles. The van der Waals surface area contributed by atoms with Crippen LogP contribution in [0.2, 0.25) is 0 Å². The Kier molecular flexibility index (Phi) is 5.27. The maximum atomic E-state index is 16.0. The number of hydrogen-bond acceptors (Lipinski definition) is 7. The van der Waals surface area contributed by atoms with E-state index in [9.17, 15) is 5.11 Å². The molecule has 7 nitrogen and oxygen atoms in total. The number of halogens is 1. The first-order valence-electron chi connectivity index (χ1n) is 13.4. The van der Waals surface area contributed by atoms with Crippen molar-refractivity contribution >= 4 is 16.7 Å². The first-order chi connectivity index (χ1) is 17.6. The summed E-state index contributed by atoms with van der Waals surface area (Å²) in [4.78, 5) is 18.7. The number of piperidine rings is 1. The molecule has 188 valence electrons. The van der Waals surface area contributed by atoms with Gasteiger partial charge in [0.1, 0.15) is 29.4 Å². The van der Waals surface area contributed by atoms with Gasteiger partial charge in [0.2, 0.25) is 0 Å². The Morgan fingerprint density at radius 1 is 1.06 bits per heavy atom. The number of pyridine rings is 1. The molecule has 3 aliphatic heterocycles. The molecule has 1 aromatic carbocycles. The highest BCUT2D eigenvalue weighted by molar-refractivity contribution is 5.92. The Hall–Kier alpha value is -3.00. The SMILES string of the molecule is Oc1ccccc1-c1ncc2c(N3CC4CCC(C4)C3)nc(OCC34CCCN3CCC4)nc2c1F. The molecule has 2 bridgehead atoms. The number of ether oxygens (including phenoxy) is 1. The molecule has 2 atom stereocenters. The molecule has 0 spiro atoms. The fourth-order valence-electron chi connectivity index (χ4n) is 7.23. The summed E-state index contributed by atoms with van der Waals surface area (Å²) >= 11 is 0. The lowest BCUT2D eigenvalue weighted by molar-refractivity contribution is 0.108. The Labute approximate surface area is 210 Å². The molecule has 2 unspecified atom stereocenters. The minimum atomic E-state index is -0.552. The minimum Gasteiger partial charge on any atom is -0.507 e. The summed E-state index contributed by atoms with van der Waals surface area (Å²) in [5, 5.41) is 11.0. The van der Waals surface area contributed by atoms with Gasteiger partial charge in [-0.05, 0) is 82.0 Å². The monoisotopic (exact) mass is 489 g/mol. The number of hydrogen-bond donors (Lipinski definition) is 1. The molecule has 4 fully saturated rings. The van der Waals surface area contributed by atoms with Crippen molar-refractivity contribution in [2.45, 2.75) is 50.5 Å². The van der Waals surface area contributed by atoms with E-state index in [1.54, 1.807) is 30.5 Å². The zero-order chi connectivity index (χ0) is 24.3. The quantitative estimate of drug-likeness (QED) is 0.553. The van der Waals surface area contributed by atoms with Gasteiger partial charge in [-0.3, -0.25) is 9.88 Å². The van der Waals surface area contributed by atoms with Gasteiger partial charge in [0.15, 0.2) is 5.82 Å². The van der Waals surface area contributed by atoms with Gasteiger partial charge in [-0.1, -0.05) is 12.1 Å². The van der Waals surface area contributed by atoms with Gasteiger partial charge in [-0.25, -0.2) is 4.39 Å². The Morgan fingerprint density at radius 3 is 2.56 bits per heavy atom. The predicted octanol–water partition coefficient (Wildman–Crippen LogP) is 4.78. The van der Waals surface area contributed by atoms with Crippen molar-refractivity contribution in [3.8, 4) is 23.0 Å². The molecule has 1 saturated carbocycles. The second-order valence-electron chi connectivity index (χ2n) is 11.2. The zero-order valence-electron chi connectivity index (χ0n) is 20.5. The van der Waals surface area contributed by atoms with Gasteiger partial charge in [0.05, 0.1) is 10.9 Å². The molecule has 0 amide bonds. The van der Waals surface area contributed by atoms with Gasteiger partial charge >= 0.3 is 6.01 Å². The Morgan fingerprint density at radius 2 is 1.81 bits per heavy atom. The van der Waals surface area contributed by atoms with Crippen molar-refractivity contribution in [2.75, 3.05) is 37.7 Å². The van der Waals surface area contributed by atoms with Gasteiger partial charge in [-0.2, -0.15) is 9.97 Å². The zero-order valence-corrected chi connectivity index (χ0v) is 20.5. The van der Waals surface area contributed by atoms with Crippen molar-refractivity contribution in [1.29, 1.82) is 0 Å².